The van der Waals surface area contributed by atoms with Gasteiger partial charge in [-0.2, -0.15) is 0 Å². The molecule has 0 aliphatic heterocycles. The van der Waals surface area contributed by atoms with Crippen molar-refractivity contribution in [2.45, 2.75) is 5.88 Å². The van der Waals surface area contributed by atoms with Gasteiger partial charge in [0.25, 0.3) is 5.91 Å². The Labute approximate surface area is 120 Å². The summed E-state index contributed by atoms with van der Waals surface area (Å²) in [6, 6.07) is 11.0. The molecule has 0 spiro atoms. The molecule has 0 fully saturated rings. The van der Waals surface area contributed by atoms with Gasteiger partial charge < -0.3 is 5.32 Å². The molecule has 1 amide bonds. The number of hydrogen-bond donors (Lipinski definition) is 1. The van der Waals surface area contributed by atoms with Crippen LogP contribution in [0.3, 0.4) is 0 Å². The highest BCUT2D eigenvalue weighted by Gasteiger charge is 2.09. The summed E-state index contributed by atoms with van der Waals surface area (Å²) in [4.78, 5) is 11.9. The van der Waals surface area contributed by atoms with Gasteiger partial charge in [0.1, 0.15) is 5.82 Å². The summed E-state index contributed by atoms with van der Waals surface area (Å²) in [5, 5.41) is 2.61. The Bertz CT molecular complexity index is 599. The molecule has 0 heterocycles. The minimum absolute atomic E-state index is 0.0786. The highest BCUT2D eigenvalue weighted by molar-refractivity contribution is 6.31. The maximum absolute atomic E-state index is 13.0. The summed E-state index contributed by atoms with van der Waals surface area (Å²) in [5.41, 5.74) is 1.90. The first-order valence-electron chi connectivity index (χ1n) is 5.51. The molecule has 0 saturated heterocycles. The first-order valence-corrected chi connectivity index (χ1v) is 6.42. The number of benzene rings is 2. The third-order valence-electron chi connectivity index (χ3n) is 2.55. The molecule has 19 heavy (non-hydrogen) atoms. The highest BCUT2D eigenvalue weighted by atomic mass is 35.5. The van der Waals surface area contributed by atoms with E-state index in [2.05, 4.69) is 5.32 Å². The minimum atomic E-state index is -0.551. The highest BCUT2D eigenvalue weighted by Crippen LogP contribution is 2.18. The maximum Gasteiger partial charge on any atom is 0.255 e. The van der Waals surface area contributed by atoms with Crippen LogP contribution in [-0.4, -0.2) is 5.91 Å². The van der Waals surface area contributed by atoms with Crippen LogP contribution in [0.5, 0.6) is 0 Å². The summed E-state index contributed by atoms with van der Waals surface area (Å²) < 4.78 is 13.0. The van der Waals surface area contributed by atoms with Crippen LogP contribution in [0.2, 0.25) is 5.02 Å². The molecule has 0 unspecified atom stereocenters. The topological polar surface area (TPSA) is 29.1 Å². The first-order chi connectivity index (χ1) is 9.10. The molecule has 0 bridgehead atoms. The second-order valence-electron chi connectivity index (χ2n) is 3.91. The minimum Gasteiger partial charge on any atom is -0.322 e. The molecule has 1 N–H and O–H groups in total. The van der Waals surface area contributed by atoms with E-state index in [1.54, 1.807) is 12.1 Å². The molecular weight excluding hydrogens is 288 g/mol. The fourth-order valence-electron chi connectivity index (χ4n) is 1.52. The number of carbonyl (C=O) groups excluding carboxylic acids is 1. The quantitative estimate of drug-likeness (QED) is 0.832. The Hall–Kier alpha value is -1.58. The molecule has 5 heteroatoms. The van der Waals surface area contributed by atoms with Crippen LogP contribution in [0.15, 0.2) is 42.5 Å². The van der Waals surface area contributed by atoms with Gasteiger partial charge in [0.2, 0.25) is 0 Å². The molecule has 98 valence electrons. The van der Waals surface area contributed by atoms with Gasteiger partial charge in [-0.1, -0.05) is 23.7 Å². The summed E-state index contributed by atoms with van der Waals surface area (Å²) >= 11 is 11.3. The van der Waals surface area contributed by atoms with E-state index in [0.29, 0.717) is 17.1 Å². The predicted octanol–water partition coefficient (Wildman–Crippen LogP) is 4.47. The van der Waals surface area contributed by atoms with Crippen LogP contribution >= 0.6 is 23.2 Å². The number of carbonyl (C=O) groups is 1. The molecular formula is C14H10Cl2FNO. The largest absolute Gasteiger partial charge is 0.322 e. The monoisotopic (exact) mass is 297 g/mol. The molecule has 0 saturated carbocycles. The van der Waals surface area contributed by atoms with Gasteiger partial charge >= 0.3 is 0 Å². The van der Waals surface area contributed by atoms with Crippen LogP contribution in [-0.2, 0) is 5.88 Å². The molecule has 0 radical (unpaired) electrons. The van der Waals surface area contributed by atoms with Gasteiger partial charge in [0.15, 0.2) is 0 Å². The van der Waals surface area contributed by atoms with Crippen molar-refractivity contribution >= 4 is 34.8 Å². The molecule has 2 nitrogen and oxygen atoms in total. The van der Waals surface area contributed by atoms with Crippen molar-refractivity contribution in [1.82, 2.24) is 0 Å². The SMILES string of the molecule is O=C(Nc1ccc(CCl)cc1)c1ccc(F)c(Cl)c1. The van der Waals surface area contributed by atoms with Crippen molar-refractivity contribution in [3.63, 3.8) is 0 Å². The van der Waals surface area contributed by atoms with E-state index >= 15 is 0 Å². The zero-order chi connectivity index (χ0) is 13.8. The maximum atomic E-state index is 13.0. The van der Waals surface area contributed by atoms with Crippen molar-refractivity contribution in [3.05, 3.63) is 64.4 Å². The molecule has 2 rings (SSSR count). The van der Waals surface area contributed by atoms with E-state index in [9.17, 15) is 9.18 Å². The summed E-state index contributed by atoms with van der Waals surface area (Å²) in [5.74, 6) is -0.480. The van der Waals surface area contributed by atoms with E-state index < -0.39 is 5.82 Å². The molecule has 0 aliphatic rings. The van der Waals surface area contributed by atoms with Crippen LogP contribution in [0.25, 0.3) is 0 Å². The van der Waals surface area contributed by atoms with E-state index in [1.165, 1.54) is 12.1 Å². The van der Waals surface area contributed by atoms with Crippen LogP contribution in [0.4, 0.5) is 10.1 Å². The molecule has 0 atom stereocenters. The number of hydrogen-bond acceptors (Lipinski definition) is 1. The van der Waals surface area contributed by atoms with E-state index in [4.69, 9.17) is 23.2 Å². The second kappa shape index (κ2) is 6.04. The van der Waals surface area contributed by atoms with Gasteiger partial charge in [-0.3, -0.25) is 4.79 Å². The third-order valence-corrected chi connectivity index (χ3v) is 3.15. The normalized spacial score (nSPS) is 10.3. The Morgan fingerprint density at radius 1 is 1.16 bits per heavy atom. The van der Waals surface area contributed by atoms with Crippen molar-refractivity contribution in [3.8, 4) is 0 Å². The Morgan fingerprint density at radius 2 is 1.84 bits per heavy atom. The van der Waals surface area contributed by atoms with Crippen LogP contribution < -0.4 is 5.32 Å². The van der Waals surface area contributed by atoms with E-state index in [0.717, 1.165) is 11.6 Å². The number of nitrogens with one attached hydrogen (secondary N) is 1. The van der Waals surface area contributed by atoms with Crippen LogP contribution in [0, 0.1) is 5.82 Å². The number of anilines is 1. The fraction of sp³-hybridized carbons (Fsp3) is 0.0714. The Kier molecular flexibility index (Phi) is 4.40. The average molecular weight is 298 g/mol. The van der Waals surface area contributed by atoms with Gasteiger partial charge in [0.05, 0.1) is 5.02 Å². The number of amides is 1. The average Bonchev–Trinajstić information content (AvgIpc) is 2.42. The van der Waals surface area contributed by atoms with E-state index in [1.807, 2.05) is 12.1 Å². The lowest BCUT2D eigenvalue weighted by Crippen LogP contribution is -2.11. The zero-order valence-electron chi connectivity index (χ0n) is 9.79. The van der Waals surface area contributed by atoms with Crippen molar-refractivity contribution in [2.75, 3.05) is 5.32 Å². The summed E-state index contributed by atoms with van der Waals surface area (Å²) in [7, 11) is 0. The number of halogens is 3. The van der Waals surface area contributed by atoms with Gasteiger partial charge in [0, 0.05) is 17.1 Å². The zero-order valence-corrected chi connectivity index (χ0v) is 11.3. The van der Waals surface area contributed by atoms with Crippen molar-refractivity contribution in [1.29, 1.82) is 0 Å². The van der Waals surface area contributed by atoms with Gasteiger partial charge in [-0.05, 0) is 35.9 Å². The standard InChI is InChI=1S/C14H10Cl2FNO/c15-8-9-1-4-11(5-2-9)18-14(19)10-3-6-13(17)12(16)7-10/h1-7H,8H2,(H,18,19). The Morgan fingerprint density at radius 3 is 2.42 bits per heavy atom. The number of rotatable bonds is 3. The predicted molar refractivity (Wildman–Crippen MR) is 75.4 cm³/mol. The summed E-state index contributed by atoms with van der Waals surface area (Å²) in [6.45, 7) is 0. The van der Waals surface area contributed by atoms with Crippen LogP contribution in [0.1, 0.15) is 15.9 Å². The fourth-order valence-corrected chi connectivity index (χ4v) is 1.88. The second-order valence-corrected chi connectivity index (χ2v) is 4.59. The molecule has 0 aromatic heterocycles. The smallest absolute Gasteiger partial charge is 0.255 e. The first kappa shape index (κ1) is 13.8. The lowest BCUT2D eigenvalue weighted by molar-refractivity contribution is 0.102. The number of alkyl halides is 1. The lowest BCUT2D eigenvalue weighted by atomic mass is 10.2. The van der Waals surface area contributed by atoms with Crippen molar-refractivity contribution < 1.29 is 9.18 Å². The molecule has 2 aromatic rings. The van der Waals surface area contributed by atoms with Gasteiger partial charge in [-0.25, -0.2) is 4.39 Å². The molecule has 0 aliphatic carbocycles. The lowest BCUT2D eigenvalue weighted by Gasteiger charge is -2.06. The van der Waals surface area contributed by atoms with E-state index in [-0.39, 0.29) is 10.9 Å². The Balaban J connectivity index is 2.13. The summed E-state index contributed by atoms with van der Waals surface area (Å²) in [6.07, 6.45) is 0. The van der Waals surface area contributed by atoms with Gasteiger partial charge in [-0.15, -0.1) is 11.6 Å². The third kappa shape index (κ3) is 3.46. The molecule has 2 aromatic carbocycles. The van der Waals surface area contributed by atoms with Crippen molar-refractivity contribution in [2.24, 2.45) is 0 Å².